The lowest BCUT2D eigenvalue weighted by atomic mass is 10.1. The minimum absolute atomic E-state index is 0.106. The molecule has 0 aliphatic heterocycles. The summed E-state index contributed by atoms with van der Waals surface area (Å²) in [6.45, 7) is 4.35. The van der Waals surface area contributed by atoms with Gasteiger partial charge in [-0.05, 0) is 36.6 Å². The van der Waals surface area contributed by atoms with E-state index in [9.17, 15) is 14.9 Å². The van der Waals surface area contributed by atoms with Gasteiger partial charge in [0.15, 0.2) is 0 Å². The highest BCUT2D eigenvalue weighted by Gasteiger charge is 2.16. The van der Waals surface area contributed by atoms with E-state index in [1.807, 2.05) is 44.2 Å². The Kier molecular flexibility index (Phi) is 8.46. The van der Waals surface area contributed by atoms with Crippen LogP contribution in [0.1, 0.15) is 42.6 Å². The number of amides is 1. The molecule has 0 aromatic heterocycles. The number of carbonyl (C=O) groups excluding carboxylic acids is 2. The monoisotopic (exact) mass is 391 g/mol. The topological polar surface area (TPSA) is 91.2 Å². The molecule has 150 valence electrons. The molecule has 0 unspecified atom stereocenters. The first-order valence-electron chi connectivity index (χ1n) is 9.62. The maximum atomic E-state index is 12.6. The highest BCUT2D eigenvalue weighted by atomic mass is 16.5. The van der Waals surface area contributed by atoms with Gasteiger partial charge in [-0.2, -0.15) is 5.26 Å². The summed E-state index contributed by atoms with van der Waals surface area (Å²) in [5.41, 5.74) is 2.34. The third-order valence-electron chi connectivity index (χ3n) is 4.26. The molecule has 0 heterocycles. The first kappa shape index (κ1) is 21.7. The van der Waals surface area contributed by atoms with Crippen LogP contribution >= 0.6 is 0 Å². The average Bonchev–Trinajstić information content (AvgIpc) is 2.75. The van der Waals surface area contributed by atoms with Crippen LogP contribution in [0, 0.1) is 11.3 Å². The fourth-order valence-electron chi connectivity index (χ4n) is 2.61. The van der Waals surface area contributed by atoms with Gasteiger partial charge in [0.05, 0.1) is 17.9 Å². The molecule has 2 N–H and O–H groups in total. The van der Waals surface area contributed by atoms with Crippen LogP contribution in [0.25, 0.3) is 0 Å². The maximum absolute atomic E-state index is 12.6. The molecule has 0 bridgehead atoms. The number of rotatable bonds is 9. The van der Waals surface area contributed by atoms with Gasteiger partial charge in [0, 0.05) is 11.9 Å². The zero-order chi connectivity index (χ0) is 21.1. The lowest BCUT2D eigenvalue weighted by Crippen LogP contribution is -2.18. The predicted molar refractivity (Wildman–Crippen MR) is 113 cm³/mol. The van der Waals surface area contributed by atoms with Crippen molar-refractivity contribution in [2.45, 2.75) is 33.1 Å². The van der Waals surface area contributed by atoms with Gasteiger partial charge in [-0.25, -0.2) is 4.79 Å². The lowest BCUT2D eigenvalue weighted by Gasteiger charge is -2.11. The van der Waals surface area contributed by atoms with Crippen molar-refractivity contribution in [1.29, 1.82) is 5.26 Å². The Morgan fingerprint density at radius 3 is 2.45 bits per heavy atom. The van der Waals surface area contributed by atoms with Crippen LogP contribution in [-0.4, -0.2) is 18.5 Å². The highest BCUT2D eigenvalue weighted by molar-refractivity contribution is 6.09. The van der Waals surface area contributed by atoms with Crippen molar-refractivity contribution in [3.05, 3.63) is 71.4 Å². The van der Waals surface area contributed by atoms with Crippen molar-refractivity contribution in [2.24, 2.45) is 0 Å². The number of esters is 1. The number of nitrogens with zero attached hydrogens (tertiary/aromatic N) is 1. The second kappa shape index (κ2) is 11.3. The predicted octanol–water partition coefficient (Wildman–Crippen LogP) is 4.66. The Balaban J connectivity index is 2.14. The number of ether oxygens (including phenoxy) is 1. The van der Waals surface area contributed by atoms with Crippen molar-refractivity contribution < 1.29 is 14.3 Å². The van der Waals surface area contributed by atoms with Gasteiger partial charge >= 0.3 is 5.97 Å². The third kappa shape index (κ3) is 6.22. The van der Waals surface area contributed by atoms with Crippen LogP contribution in [-0.2, 0) is 16.0 Å². The van der Waals surface area contributed by atoms with E-state index < -0.39 is 11.9 Å². The Labute approximate surface area is 171 Å². The van der Waals surface area contributed by atoms with Crippen molar-refractivity contribution >= 4 is 23.3 Å². The molecule has 0 fully saturated rings. The average molecular weight is 391 g/mol. The molecule has 1 amide bonds. The van der Waals surface area contributed by atoms with Gasteiger partial charge in [-0.1, -0.05) is 50.6 Å². The van der Waals surface area contributed by atoms with E-state index in [4.69, 9.17) is 4.74 Å². The number of para-hydroxylation sites is 2. The Hall–Kier alpha value is -3.59. The zero-order valence-corrected chi connectivity index (χ0v) is 16.7. The number of carbonyl (C=O) groups is 2. The lowest BCUT2D eigenvalue weighted by molar-refractivity contribution is -0.112. The minimum Gasteiger partial charge on any atom is -0.462 e. The summed E-state index contributed by atoms with van der Waals surface area (Å²) < 4.78 is 5.23. The van der Waals surface area contributed by atoms with Crippen LogP contribution in [0.3, 0.4) is 0 Å². The molecule has 2 aromatic rings. The van der Waals surface area contributed by atoms with Gasteiger partial charge in [0.1, 0.15) is 11.6 Å². The molecule has 6 heteroatoms. The number of aryl methyl sites for hydroxylation is 1. The van der Waals surface area contributed by atoms with Crippen LogP contribution in [0.2, 0.25) is 0 Å². The summed E-state index contributed by atoms with van der Waals surface area (Å²) in [5.74, 6) is -1.12. The van der Waals surface area contributed by atoms with Crippen molar-refractivity contribution in [1.82, 2.24) is 0 Å². The first-order chi connectivity index (χ1) is 14.1. The van der Waals surface area contributed by atoms with Crippen molar-refractivity contribution in [3.8, 4) is 6.07 Å². The summed E-state index contributed by atoms with van der Waals surface area (Å²) >= 11 is 0. The number of benzene rings is 2. The van der Waals surface area contributed by atoms with E-state index in [1.54, 1.807) is 24.3 Å². The summed E-state index contributed by atoms with van der Waals surface area (Å²) in [5, 5.41) is 15.0. The number of nitrogens with one attached hydrogen (secondary N) is 2. The Morgan fingerprint density at radius 2 is 1.76 bits per heavy atom. The van der Waals surface area contributed by atoms with E-state index in [2.05, 4.69) is 10.6 Å². The van der Waals surface area contributed by atoms with Crippen LogP contribution in [0.5, 0.6) is 0 Å². The molecule has 0 aliphatic rings. The largest absolute Gasteiger partial charge is 0.462 e. The van der Waals surface area contributed by atoms with Crippen LogP contribution in [0.4, 0.5) is 11.4 Å². The highest BCUT2D eigenvalue weighted by Crippen LogP contribution is 2.18. The van der Waals surface area contributed by atoms with Crippen LogP contribution in [0.15, 0.2) is 60.3 Å². The van der Waals surface area contributed by atoms with E-state index in [1.165, 1.54) is 6.20 Å². The maximum Gasteiger partial charge on any atom is 0.340 e. The normalized spacial score (nSPS) is 10.7. The molecule has 0 radical (unpaired) electrons. The summed E-state index contributed by atoms with van der Waals surface area (Å²) in [6.07, 6.45) is 3.87. The number of unbranched alkanes of at least 4 members (excludes halogenated alkanes) is 1. The quantitative estimate of drug-likeness (QED) is 0.281. The van der Waals surface area contributed by atoms with Gasteiger partial charge in [0.25, 0.3) is 5.91 Å². The molecular formula is C23H25N3O3. The van der Waals surface area contributed by atoms with E-state index in [0.29, 0.717) is 12.3 Å². The van der Waals surface area contributed by atoms with Crippen LogP contribution < -0.4 is 10.6 Å². The summed E-state index contributed by atoms with van der Waals surface area (Å²) in [4.78, 5) is 24.8. The number of anilines is 2. The van der Waals surface area contributed by atoms with E-state index >= 15 is 0 Å². The SMILES string of the molecule is CCCCOC(=O)c1ccccc1NC(=O)/C(C#N)=C\Nc1ccccc1CC. The second-order valence-electron chi connectivity index (χ2n) is 6.31. The fourth-order valence-corrected chi connectivity index (χ4v) is 2.61. The third-order valence-corrected chi connectivity index (χ3v) is 4.26. The Morgan fingerprint density at radius 1 is 1.07 bits per heavy atom. The second-order valence-corrected chi connectivity index (χ2v) is 6.31. The molecule has 0 aliphatic carbocycles. The number of nitriles is 1. The molecule has 29 heavy (non-hydrogen) atoms. The van der Waals surface area contributed by atoms with Crippen molar-refractivity contribution in [2.75, 3.05) is 17.2 Å². The van der Waals surface area contributed by atoms with E-state index in [-0.39, 0.29) is 11.1 Å². The number of hydrogen-bond donors (Lipinski definition) is 2. The molecule has 0 saturated heterocycles. The minimum atomic E-state index is -0.609. The smallest absolute Gasteiger partial charge is 0.340 e. The van der Waals surface area contributed by atoms with Gasteiger partial charge in [0.2, 0.25) is 0 Å². The molecule has 6 nitrogen and oxygen atoms in total. The molecule has 2 aromatic carbocycles. The molecule has 0 saturated carbocycles. The van der Waals surface area contributed by atoms with E-state index in [0.717, 1.165) is 30.5 Å². The molecule has 0 atom stereocenters. The number of hydrogen-bond acceptors (Lipinski definition) is 5. The van der Waals surface area contributed by atoms with Gasteiger partial charge in [-0.15, -0.1) is 0 Å². The molecular weight excluding hydrogens is 366 g/mol. The molecule has 0 spiro atoms. The summed E-state index contributed by atoms with van der Waals surface area (Å²) in [7, 11) is 0. The molecule has 2 rings (SSSR count). The fraction of sp³-hybridized carbons (Fsp3) is 0.261. The Bertz CT molecular complexity index is 929. The van der Waals surface area contributed by atoms with Crippen molar-refractivity contribution in [3.63, 3.8) is 0 Å². The van der Waals surface area contributed by atoms with Gasteiger partial charge < -0.3 is 15.4 Å². The first-order valence-corrected chi connectivity index (χ1v) is 9.62. The summed E-state index contributed by atoms with van der Waals surface area (Å²) in [6, 6.07) is 16.1. The van der Waals surface area contributed by atoms with Gasteiger partial charge in [-0.3, -0.25) is 4.79 Å². The standard InChI is InChI=1S/C23H25N3O3/c1-3-5-14-29-23(28)19-11-7-9-13-21(19)26-22(27)18(15-24)16-25-20-12-8-6-10-17(20)4-2/h6-13,16,25H,3-5,14H2,1-2H3,(H,26,27)/b18-16-. The zero-order valence-electron chi connectivity index (χ0n) is 16.7.